The molecule has 0 aliphatic carbocycles. The van der Waals surface area contributed by atoms with Gasteiger partial charge in [0.25, 0.3) is 0 Å². The summed E-state index contributed by atoms with van der Waals surface area (Å²) in [4.78, 5) is 4.53. The zero-order valence-electron chi connectivity index (χ0n) is 9.86. The highest BCUT2D eigenvalue weighted by Crippen LogP contribution is 2.21. The number of hydrogen-bond acceptors (Lipinski definition) is 3. The van der Waals surface area contributed by atoms with Gasteiger partial charge in [-0.3, -0.25) is 0 Å². The first-order valence-electron chi connectivity index (χ1n) is 5.79. The molecule has 2 aromatic rings. The first kappa shape index (κ1) is 11.1. The smallest absolute Gasteiger partial charge is 0.195 e. The van der Waals surface area contributed by atoms with Crippen molar-refractivity contribution in [2.24, 2.45) is 11.7 Å². The molecule has 2 rings (SSSR count). The van der Waals surface area contributed by atoms with Crippen molar-refractivity contribution >= 4 is 11.1 Å². The molecule has 0 spiro atoms. The Kier molecular flexibility index (Phi) is 3.25. The number of benzene rings is 1. The van der Waals surface area contributed by atoms with Crippen molar-refractivity contribution in [3.05, 3.63) is 29.7 Å². The van der Waals surface area contributed by atoms with E-state index in [2.05, 4.69) is 24.9 Å². The summed E-state index contributed by atoms with van der Waals surface area (Å²) in [5.74, 6) is 1.27. The van der Waals surface area contributed by atoms with E-state index < -0.39 is 0 Å². The molecule has 3 nitrogen and oxygen atoms in total. The van der Waals surface area contributed by atoms with E-state index in [1.807, 2.05) is 12.1 Å². The van der Waals surface area contributed by atoms with Gasteiger partial charge in [0.2, 0.25) is 0 Å². The van der Waals surface area contributed by atoms with Crippen molar-refractivity contribution < 1.29 is 4.42 Å². The SMILES string of the molecule is CCC(CN)Cc1nc2c(C)cccc2o1. The average molecular weight is 218 g/mol. The molecule has 1 aromatic heterocycles. The van der Waals surface area contributed by atoms with Crippen molar-refractivity contribution in [3.63, 3.8) is 0 Å². The van der Waals surface area contributed by atoms with Crippen LogP contribution in [0.15, 0.2) is 22.6 Å². The lowest BCUT2D eigenvalue weighted by Crippen LogP contribution is -2.15. The Hall–Kier alpha value is -1.35. The third-order valence-corrected chi connectivity index (χ3v) is 3.04. The van der Waals surface area contributed by atoms with Crippen LogP contribution >= 0.6 is 0 Å². The number of rotatable bonds is 4. The third kappa shape index (κ3) is 2.09. The Bertz CT molecular complexity index is 472. The van der Waals surface area contributed by atoms with Gasteiger partial charge in [0.15, 0.2) is 11.5 Å². The molecule has 0 bridgehead atoms. The Morgan fingerprint density at radius 3 is 2.88 bits per heavy atom. The molecule has 1 aromatic carbocycles. The summed E-state index contributed by atoms with van der Waals surface area (Å²) in [6.45, 7) is 4.88. The first-order valence-corrected chi connectivity index (χ1v) is 5.79. The maximum absolute atomic E-state index is 5.72. The second-order valence-electron chi connectivity index (χ2n) is 4.24. The number of fused-ring (bicyclic) bond motifs is 1. The van der Waals surface area contributed by atoms with Crippen LogP contribution in [-0.2, 0) is 6.42 Å². The minimum atomic E-state index is 0.466. The van der Waals surface area contributed by atoms with E-state index in [0.29, 0.717) is 12.5 Å². The van der Waals surface area contributed by atoms with Gasteiger partial charge in [-0.05, 0) is 31.0 Å². The number of hydrogen-bond donors (Lipinski definition) is 1. The number of aromatic nitrogens is 1. The van der Waals surface area contributed by atoms with Crippen LogP contribution in [0.25, 0.3) is 11.1 Å². The monoisotopic (exact) mass is 218 g/mol. The lowest BCUT2D eigenvalue weighted by molar-refractivity contribution is 0.438. The first-order chi connectivity index (χ1) is 7.74. The third-order valence-electron chi connectivity index (χ3n) is 3.04. The van der Waals surface area contributed by atoms with E-state index in [1.54, 1.807) is 0 Å². The molecular formula is C13H18N2O. The average Bonchev–Trinajstić information content (AvgIpc) is 2.70. The van der Waals surface area contributed by atoms with E-state index in [-0.39, 0.29) is 0 Å². The van der Waals surface area contributed by atoms with Crippen molar-refractivity contribution in [2.45, 2.75) is 26.7 Å². The minimum absolute atomic E-state index is 0.466. The zero-order valence-corrected chi connectivity index (χ0v) is 9.86. The van der Waals surface area contributed by atoms with Crippen LogP contribution in [0.2, 0.25) is 0 Å². The molecule has 2 N–H and O–H groups in total. The topological polar surface area (TPSA) is 52.0 Å². The van der Waals surface area contributed by atoms with Gasteiger partial charge < -0.3 is 10.2 Å². The van der Waals surface area contributed by atoms with E-state index >= 15 is 0 Å². The van der Waals surface area contributed by atoms with Gasteiger partial charge in [0.05, 0.1) is 0 Å². The van der Waals surface area contributed by atoms with Gasteiger partial charge in [0, 0.05) is 6.42 Å². The van der Waals surface area contributed by atoms with E-state index in [9.17, 15) is 0 Å². The van der Waals surface area contributed by atoms with Crippen LogP contribution < -0.4 is 5.73 Å². The largest absolute Gasteiger partial charge is 0.441 e. The highest BCUT2D eigenvalue weighted by Gasteiger charge is 2.12. The Morgan fingerprint density at radius 1 is 1.44 bits per heavy atom. The van der Waals surface area contributed by atoms with Gasteiger partial charge in [0.1, 0.15) is 5.52 Å². The summed E-state index contributed by atoms with van der Waals surface area (Å²) >= 11 is 0. The van der Waals surface area contributed by atoms with Crippen LogP contribution in [0.5, 0.6) is 0 Å². The molecule has 0 radical (unpaired) electrons. The fourth-order valence-electron chi connectivity index (χ4n) is 1.86. The van der Waals surface area contributed by atoms with Gasteiger partial charge >= 0.3 is 0 Å². The molecule has 0 saturated carbocycles. The van der Waals surface area contributed by atoms with Crippen molar-refractivity contribution in [3.8, 4) is 0 Å². The summed E-state index contributed by atoms with van der Waals surface area (Å²) < 4.78 is 5.72. The highest BCUT2D eigenvalue weighted by atomic mass is 16.3. The molecular weight excluding hydrogens is 200 g/mol. The van der Waals surface area contributed by atoms with Gasteiger partial charge in [-0.2, -0.15) is 0 Å². The molecule has 0 aliphatic rings. The minimum Gasteiger partial charge on any atom is -0.441 e. The zero-order chi connectivity index (χ0) is 11.5. The lowest BCUT2D eigenvalue weighted by atomic mass is 10.0. The molecule has 0 amide bonds. The van der Waals surface area contributed by atoms with Gasteiger partial charge in [-0.15, -0.1) is 0 Å². The van der Waals surface area contributed by atoms with E-state index in [1.165, 1.54) is 0 Å². The maximum atomic E-state index is 5.72. The summed E-state index contributed by atoms with van der Waals surface area (Å²) in [5, 5.41) is 0. The molecule has 0 fully saturated rings. The Labute approximate surface area is 95.7 Å². The van der Waals surface area contributed by atoms with Crippen LogP contribution in [0.3, 0.4) is 0 Å². The Balaban J connectivity index is 2.29. The van der Waals surface area contributed by atoms with Gasteiger partial charge in [-0.1, -0.05) is 25.5 Å². The fraction of sp³-hybridized carbons (Fsp3) is 0.462. The second kappa shape index (κ2) is 4.66. The molecule has 0 saturated heterocycles. The normalized spacial score (nSPS) is 13.2. The molecule has 86 valence electrons. The fourth-order valence-corrected chi connectivity index (χ4v) is 1.86. The van der Waals surface area contributed by atoms with Crippen LogP contribution in [0.4, 0.5) is 0 Å². The number of aryl methyl sites for hydroxylation is 1. The summed E-state index contributed by atoms with van der Waals surface area (Å²) in [6, 6.07) is 6.00. The second-order valence-corrected chi connectivity index (χ2v) is 4.24. The number of nitrogens with two attached hydrogens (primary N) is 1. The van der Waals surface area contributed by atoms with Crippen LogP contribution in [-0.4, -0.2) is 11.5 Å². The van der Waals surface area contributed by atoms with E-state index in [4.69, 9.17) is 10.2 Å². The van der Waals surface area contributed by atoms with Crippen molar-refractivity contribution in [1.29, 1.82) is 0 Å². The Morgan fingerprint density at radius 2 is 2.25 bits per heavy atom. The van der Waals surface area contributed by atoms with Crippen molar-refractivity contribution in [2.75, 3.05) is 6.54 Å². The van der Waals surface area contributed by atoms with Crippen molar-refractivity contribution in [1.82, 2.24) is 4.98 Å². The quantitative estimate of drug-likeness (QED) is 0.858. The van der Waals surface area contributed by atoms with Crippen LogP contribution in [0, 0.1) is 12.8 Å². The standard InChI is InChI=1S/C13H18N2O/c1-3-10(8-14)7-12-15-13-9(2)5-4-6-11(13)16-12/h4-6,10H,3,7-8,14H2,1-2H3. The number of para-hydroxylation sites is 1. The molecule has 0 aliphatic heterocycles. The summed E-state index contributed by atoms with van der Waals surface area (Å²) in [5.41, 5.74) is 8.70. The molecule has 1 heterocycles. The molecule has 16 heavy (non-hydrogen) atoms. The maximum Gasteiger partial charge on any atom is 0.195 e. The van der Waals surface area contributed by atoms with Crippen LogP contribution in [0.1, 0.15) is 24.8 Å². The predicted octanol–water partition coefficient (Wildman–Crippen LogP) is 2.66. The summed E-state index contributed by atoms with van der Waals surface area (Å²) in [7, 11) is 0. The highest BCUT2D eigenvalue weighted by molar-refractivity contribution is 5.76. The summed E-state index contributed by atoms with van der Waals surface area (Å²) in [6.07, 6.45) is 1.90. The predicted molar refractivity (Wildman–Crippen MR) is 65.3 cm³/mol. The molecule has 3 heteroatoms. The number of nitrogens with zero attached hydrogens (tertiary/aromatic N) is 1. The molecule has 1 unspecified atom stereocenters. The number of oxazole rings is 1. The van der Waals surface area contributed by atoms with E-state index in [0.717, 1.165) is 35.4 Å². The van der Waals surface area contributed by atoms with Gasteiger partial charge in [-0.25, -0.2) is 4.98 Å². The molecule has 1 atom stereocenters. The lowest BCUT2D eigenvalue weighted by Gasteiger charge is -2.07.